The van der Waals surface area contributed by atoms with Crippen LogP contribution >= 0.6 is 0 Å². The first kappa shape index (κ1) is 46.4. The molecule has 0 aliphatic rings. The Morgan fingerprint density at radius 2 is 0.595 bits per heavy atom. The maximum Gasteiger partial charge on any atom is 0.0543 e. The van der Waals surface area contributed by atoms with Crippen molar-refractivity contribution in [2.45, 2.75) is 53.4 Å². The topological polar surface area (TPSA) is 6.48 Å². The van der Waals surface area contributed by atoms with Gasteiger partial charge in [-0.15, -0.1) is 0 Å². The van der Waals surface area contributed by atoms with Crippen LogP contribution < -0.4 is 9.80 Å². The Bertz CT molecular complexity index is 3710. The number of anilines is 6. The zero-order valence-corrected chi connectivity index (χ0v) is 43.1. The zero-order valence-electron chi connectivity index (χ0n) is 43.1. The molecule has 0 bridgehead atoms. The molecular weight excluding hydrogens is 893 g/mol. The average molecular weight is 953 g/mol. The van der Waals surface area contributed by atoms with Crippen molar-refractivity contribution in [2.75, 3.05) is 9.80 Å². The van der Waals surface area contributed by atoms with Crippen LogP contribution in [-0.2, 0) is 0 Å². The Morgan fingerprint density at radius 3 is 0.959 bits per heavy atom. The molecule has 0 aliphatic heterocycles. The van der Waals surface area contributed by atoms with Gasteiger partial charge in [-0.3, -0.25) is 0 Å². The third kappa shape index (κ3) is 8.17. The molecule has 0 N–H and O–H groups in total. The molecule has 12 aromatic rings. The number of nitrogens with zero attached hydrogens (tertiary/aromatic N) is 2. The Morgan fingerprint density at radius 1 is 0.270 bits per heavy atom. The van der Waals surface area contributed by atoms with Crippen LogP contribution in [0.2, 0.25) is 0 Å². The van der Waals surface area contributed by atoms with E-state index >= 15 is 0 Å². The summed E-state index contributed by atoms with van der Waals surface area (Å²) in [4.78, 5) is 5.10. The molecule has 74 heavy (non-hydrogen) atoms. The van der Waals surface area contributed by atoms with Crippen molar-refractivity contribution < 1.29 is 0 Å². The van der Waals surface area contributed by atoms with E-state index in [-0.39, 0.29) is 11.8 Å². The Labute approximate surface area is 436 Å². The van der Waals surface area contributed by atoms with Gasteiger partial charge in [-0.05, 0) is 163 Å². The van der Waals surface area contributed by atoms with Crippen molar-refractivity contribution in [3.63, 3.8) is 0 Å². The quantitative estimate of drug-likeness (QED) is 0.113. The molecule has 358 valence electrons. The summed E-state index contributed by atoms with van der Waals surface area (Å²) in [5.74, 6) is 0.495. The zero-order chi connectivity index (χ0) is 50.5. The fourth-order valence-corrected chi connectivity index (χ4v) is 11.7. The lowest BCUT2D eigenvalue weighted by molar-refractivity contribution is 0.875. The molecule has 0 spiro atoms. The fourth-order valence-electron chi connectivity index (χ4n) is 11.7. The number of benzene rings is 12. The third-order valence-corrected chi connectivity index (χ3v) is 15.3. The number of hydrogen-bond donors (Lipinski definition) is 0. The van der Waals surface area contributed by atoms with E-state index in [4.69, 9.17) is 0 Å². The van der Waals surface area contributed by atoms with E-state index in [1.807, 2.05) is 0 Å². The molecule has 0 aliphatic carbocycles. The maximum absolute atomic E-state index is 2.55. The highest BCUT2D eigenvalue weighted by Crippen LogP contribution is 2.53. The predicted octanol–water partition coefficient (Wildman–Crippen LogP) is 21.1. The minimum absolute atomic E-state index is 0.247. The molecule has 12 aromatic carbocycles. The fraction of sp³-hybridized carbons (Fsp3) is 0.111. The van der Waals surface area contributed by atoms with Crippen LogP contribution in [0.15, 0.2) is 243 Å². The summed E-state index contributed by atoms with van der Waals surface area (Å²) in [6, 6.07) is 89.8. The second-order valence-corrected chi connectivity index (χ2v) is 20.5. The smallest absolute Gasteiger partial charge is 0.0543 e. The van der Waals surface area contributed by atoms with Gasteiger partial charge in [0.05, 0.1) is 11.4 Å². The standard InChI is InChI=1S/C72H60N2/c1-47(2)65-45-69(73(57-33-19-31-55(43-57)51-23-11-7-12-24-51)67-37-21-35-59(49(67)5)53-27-15-9-16-28-53)63-42-40-62-66(48(3)4)46-70(64-41-39-61(65)71(63)72(62)64)74(58-34-20-32-56(44-58)52-25-13-8-14-26-52)68-38-22-36-60(50(68)6)54-29-17-10-18-30-54/h7-48H,1-6H3. The van der Waals surface area contributed by atoms with Gasteiger partial charge < -0.3 is 9.80 Å². The van der Waals surface area contributed by atoms with E-state index in [2.05, 4.69) is 294 Å². The summed E-state index contributed by atoms with van der Waals surface area (Å²) < 4.78 is 0. The Balaban J connectivity index is 1.18. The molecule has 12 rings (SSSR count). The van der Waals surface area contributed by atoms with E-state index < -0.39 is 0 Å². The first-order valence-corrected chi connectivity index (χ1v) is 26.2. The van der Waals surface area contributed by atoms with Crippen LogP contribution in [-0.4, -0.2) is 0 Å². The lowest BCUT2D eigenvalue weighted by atomic mass is 9.83. The first-order chi connectivity index (χ1) is 36.2. The molecule has 0 radical (unpaired) electrons. The van der Waals surface area contributed by atoms with Gasteiger partial charge in [0, 0.05) is 33.5 Å². The molecule has 0 fully saturated rings. The average Bonchev–Trinajstić information content (AvgIpc) is 3.46. The molecule has 2 nitrogen and oxygen atoms in total. The third-order valence-electron chi connectivity index (χ3n) is 15.3. The molecule has 2 heteroatoms. The van der Waals surface area contributed by atoms with Crippen LogP contribution in [0.4, 0.5) is 34.1 Å². The summed E-state index contributed by atoms with van der Waals surface area (Å²) in [5.41, 5.74) is 21.6. The summed E-state index contributed by atoms with van der Waals surface area (Å²) in [6.07, 6.45) is 0. The number of hydrogen-bond acceptors (Lipinski definition) is 2. The largest absolute Gasteiger partial charge is 0.310 e. The van der Waals surface area contributed by atoms with Gasteiger partial charge in [0.25, 0.3) is 0 Å². The Kier molecular flexibility index (Phi) is 12.1. The van der Waals surface area contributed by atoms with Crippen molar-refractivity contribution in [3.8, 4) is 44.5 Å². The van der Waals surface area contributed by atoms with Crippen molar-refractivity contribution in [3.05, 3.63) is 265 Å². The second-order valence-electron chi connectivity index (χ2n) is 20.5. The molecule has 0 heterocycles. The van der Waals surface area contributed by atoms with Gasteiger partial charge in [-0.25, -0.2) is 0 Å². The Hall–Kier alpha value is -8.72. The van der Waals surface area contributed by atoms with E-state index in [0.29, 0.717) is 0 Å². The highest BCUT2D eigenvalue weighted by atomic mass is 15.2. The second kappa shape index (κ2) is 19.4. The van der Waals surface area contributed by atoms with Crippen molar-refractivity contribution in [1.29, 1.82) is 0 Å². The summed E-state index contributed by atoms with van der Waals surface area (Å²) in [6.45, 7) is 14.0. The van der Waals surface area contributed by atoms with Crippen molar-refractivity contribution in [1.82, 2.24) is 0 Å². The van der Waals surface area contributed by atoms with E-state index in [0.717, 1.165) is 22.7 Å². The van der Waals surface area contributed by atoms with E-state index in [1.165, 1.54) is 110 Å². The normalized spacial score (nSPS) is 11.6. The van der Waals surface area contributed by atoms with Crippen LogP contribution in [0.25, 0.3) is 76.8 Å². The van der Waals surface area contributed by atoms with Gasteiger partial charge in [0.1, 0.15) is 0 Å². The molecule has 0 saturated carbocycles. The van der Waals surface area contributed by atoms with Crippen molar-refractivity contribution in [2.24, 2.45) is 0 Å². The summed E-state index contributed by atoms with van der Waals surface area (Å²) in [7, 11) is 0. The SMILES string of the molecule is Cc1c(-c2ccccc2)cccc1N(c1cccc(-c2ccccc2)c1)c1cc(C(C)C)c2ccc3c(N(c4cccc(-c5ccccc5)c4)c4cccc(-c5ccccc5)c4C)cc(C(C)C)c4ccc1c2c43. The molecule has 0 aromatic heterocycles. The number of rotatable bonds is 12. The monoisotopic (exact) mass is 952 g/mol. The molecule has 0 amide bonds. The van der Waals surface area contributed by atoms with Gasteiger partial charge in [-0.1, -0.05) is 222 Å². The van der Waals surface area contributed by atoms with E-state index in [9.17, 15) is 0 Å². The summed E-state index contributed by atoms with van der Waals surface area (Å²) in [5, 5.41) is 7.66. The van der Waals surface area contributed by atoms with Crippen LogP contribution in [0.5, 0.6) is 0 Å². The van der Waals surface area contributed by atoms with Crippen LogP contribution in [0.1, 0.15) is 61.8 Å². The molecular formula is C72H60N2. The lowest BCUT2D eigenvalue weighted by Crippen LogP contribution is -2.14. The minimum Gasteiger partial charge on any atom is -0.310 e. The molecule has 0 saturated heterocycles. The van der Waals surface area contributed by atoms with Gasteiger partial charge >= 0.3 is 0 Å². The molecule has 0 unspecified atom stereocenters. The van der Waals surface area contributed by atoms with Gasteiger partial charge in [-0.2, -0.15) is 0 Å². The van der Waals surface area contributed by atoms with Gasteiger partial charge in [0.2, 0.25) is 0 Å². The van der Waals surface area contributed by atoms with E-state index in [1.54, 1.807) is 0 Å². The van der Waals surface area contributed by atoms with Crippen LogP contribution in [0.3, 0.4) is 0 Å². The summed E-state index contributed by atoms with van der Waals surface area (Å²) >= 11 is 0. The minimum atomic E-state index is 0.247. The molecule has 0 atom stereocenters. The van der Waals surface area contributed by atoms with Gasteiger partial charge in [0.15, 0.2) is 0 Å². The lowest BCUT2D eigenvalue weighted by Gasteiger charge is -2.33. The first-order valence-electron chi connectivity index (χ1n) is 26.2. The highest BCUT2D eigenvalue weighted by Gasteiger charge is 2.28. The predicted molar refractivity (Wildman–Crippen MR) is 319 cm³/mol. The van der Waals surface area contributed by atoms with Crippen LogP contribution in [0, 0.1) is 13.8 Å². The van der Waals surface area contributed by atoms with Crippen molar-refractivity contribution >= 4 is 66.4 Å². The highest BCUT2D eigenvalue weighted by molar-refractivity contribution is 6.29. The maximum atomic E-state index is 2.55.